The van der Waals surface area contributed by atoms with Gasteiger partial charge >= 0.3 is 0 Å². The Morgan fingerprint density at radius 1 is 0.652 bits per heavy atom. The van der Waals surface area contributed by atoms with E-state index in [4.69, 9.17) is 0 Å². The molecule has 2 aliphatic heterocycles. The van der Waals surface area contributed by atoms with Crippen LogP contribution >= 0.6 is 0 Å². The first kappa shape index (κ1) is 15.8. The van der Waals surface area contributed by atoms with Crippen LogP contribution in [0.1, 0.15) is 12.8 Å². The molecular weight excluding hydrogens is 300 g/mol. The lowest BCUT2D eigenvalue weighted by Gasteiger charge is -2.37. The van der Waals surface area contributed by atoms with Gasteiger partial charge in [-0.05, 0) is 12.8 Å². The Morgan fingerprint density at radius 2 is 1.00 bits per heavy atom. The largest absolute Gasteiger partial charge is 0.342 e. The van der Waals surface area contributed by atoms with Gasteiger partial charge in [0.1, 0.15) is 5.41 Å². The molecule has 0 atom stereocenters. The van der Waals surface area contributed by atoms with Crippen molar-refractivity contribution < 1.29 is 19.2 Å². The number of amides is 4. The van der Waals surface area contributed by atoms with E-state index < -0.39 is 5.41 Å². The minimum Gasteiger partial charge on any atom is -0.342 e. The summed E-state index contributed by atoms with van der Waals surface area (Å²) in [4.78, 5) is 53.8. The molecule has 0 radical (unpaired) electrons. The van der Waals surface area contributed by atoms with Crippen LogP contribution in [0.25, 0.3) is 0 Å². The van der Waals surface area contributed by atoms with Crippen molar-refractivity contribution in [3.63, 3.8) is 0 Å². The zero-order chi connectivity index (χ0) is 16.4. The van der Waals surface area contributed by atoms with Crippen LogP contribution in [0.4, 0.5) is 0 Å². The summed E-state index contributed by atoms with van der Waals surface area (Å²) in [6, 6.07) is 0. The molecule has 0 spiro atoms. The molecule has 8 heteroatoms. The van der Waals surface area contributed by atoms with E-state index in [1.54, 1.807) is 19.6 Å². The van der Waals surface area contributed by atoms with Gasteiger partial charge in [-0.15, -0.1) is 0 Å². The summed E-state index contributed by atoms with van der Waals surface area (Å²) < 4.78 is 0. The minimum atomic E-state index is -0.882. The average molecular weight is 322 g/mol. The molecule has 1 saturated carbocycles. The lowest BCUT2D eigenvalue weighted by Crippen LogP contribution is -2.55. The van der Waals surface area contributed by atoms with Crippen molar-refractivity contribution in [3.8, 4) is 0 Å². The topological polar surface area (TPSA) is 81.2 Å². The third kappa shape index (κ3) is 2.89. The maximum Gasteiger partial charge on any atom is 0.238 e. The van der Waals surface area contributed by atoms with E-state index >= 15 is 0 Å². The summed E-state index contributed by atoms with van der Waals surface area (Å²) in [6.07, 6.45) is 2.80. The Balaban J connectivity index is 1.60. The molecule has 2 heterocycles. The molecule has 0 aromatic heterocycles. The Morgan fingerprint density at radius 3 is 1.26 bits per heavy atom. The zero-order valence-electron chi connectivity index (χ0n) is 13.1. The van der Waals surface area contributed by atoms with Crippen molar-refractivity contribution in [2.45, 2.75) is 12.8 Å². The summed E-state index contributed by atoms with van der Waals surface area (Å²) in [7, 11) is 0. The van der Waals surface area contributed by atoms with Crippen molar-refractivity contribution in [2.24, 2.45) is 5.41 Å². The zero-order valence-corrected chi connectivity index (χ0v) is 13.1. The fraction of sp³-hybridized carbons (Fsp3) is 0.733. The molecule has 0 bridgehead atoms. The monoisotopic (exact) mass is 322 g/mol. The molecule has 0 unspecified atom stereocenters. The van der Waals surface area contributed by atoms with Crippen molar-refractivity contribution in [2.75, 3.05) is 52.4 Å². The maximum atomic E-state index is 12.8. The van der Waals surface area contributed by atoms with E-state index in [0.29, 0.717) is 65.2 Å². The van der Waals surface area contributed by atoms with Crippen LogP contribution in [0.2, 0.25) is 0 Å². The standard InChI is InChI=1S/C15H22N4O4/c20-11-16-3-7-18(8-4-16)13(22)15(1-2-15)14(23)19-9-5-17(12-21)6-10-19/h11-12H,1-10H2. The number of hydrogen-bond acceptors (Lipinski definition) is 4. The van der Waals surface area contributed by atoms with Crippen molar-refractivity contribution in [1.29, 1.82) is 0 Å². The highest BCUT2D eigenvalue weighted by atomic mass is 16.2. The highest BCUT2D eigenvalue weighted by Crippen LogP contribution is 2.49. The SMILES string of the molecule is O=CN1CCN(C(=O)C2(C(=O)N3CCN(C=O)CC3)CC2)CC1. The molecule has 3 rings (SSSR count). The first-order valence-electron chi connectivity index (χ1n) is 8.08. The molecule has 0 N–H and O–H groups in total. The number of hydrogen-bond donors (Lipinski definition) is 0. The summed E-state index contributed by atoms with van der Waals surface area (Å²) in [5.41, 5.74) is -0.882. The Labute approximate surface area is 135 Å². The second-order valence-electron chi connectivity index (χ2n) is 6.45. The van der Waals surface area contributed by atoms with Gasteiger partial charge in [-0.2, -0.15) is 0 Å². The van der Waals surface area contributed by atoms with E-state index in [1.165, 1.54) is 0 Å². The number of carbonyl (C=O) groups excluding carboxylic acids is 4. The van der Waals surface area contributed by atoms with Gasteiger partial charge in [-0.1, -0.05) is 0 Å². The van der Waals surface area contributed by atoms with E-state index in [0.717, 1.165) is 12.8 Å². The minimum absolute atomic E-state index is 0.0918. The van der Waals surface area contributed by atoms with Crippen LogP contribution < -0.4 is 0 Å². The van der Waals surface area contributed by atoms with Crippen molar-refractivity contribution in [3.05, 3.63) is 0 Å². The first-order valence-corrected chi connectivity index (χ1v) is 8.08. The molecule has 4 amide bonds. The fourth-order valence-corrected chi connectivity index (χ4v) is 3.31. The lowest BCUT2D eigenvalue weighted by atomic mass is 10.0. The highest BCUT2D eigenvalue weighted by molar-refractivity contribution is 6.08. The molecule has 1 aliphatic carbocycles. The smallest absolute Gasteiger partial charge is 0.238 e. The molecular formula is C15H22N4O4. The lowest BCUT2D eigenvalue weighted by molar-refractivity contribution is -0.152. The van der Waals surface area contributed by atoms with Crippen molar-refractivity contribution >= 4 is 24.6 Å². The number of carbonyl (C=O) groups is 4. The number of rotatable bonds is 4. The van der Waals surface area contributed by atoms with Crippen LogP contribution in [0.15, 0.2) is 0 Å². The van der Waals surface area contributed by atoms with E-state index in [2.05, 4.69) is 0 Å². The quantitative estimate of drug-likeness (QED) is 0.460. The van der Waals surface area contributed by atoms with Gasteiger partial charge in [0.25, 0.3) is 0 Å². The molecule has 0 aromatic carbocycles. The third-order valence-corrected chi connectivity index (χ3v) is 5.07. The summed E-state index contributed by atoms with van der Waals surface area (Å²) in [6.45, 7) is 4.07. The maximum absolute atomic E-state index is 12.8. The normalized spacial score (nSPS) is 23.5. The van der Waals surface area contributed by atoms with Gasteiger partial charge < -0.3 is 19.6 Å². The van der Waals surface area contributed by atoms with Crippen molar-refractivity contribution in [1.82, 2.24) is 19.6 Å². The number of nitrogens with zero attached hydrogens (tertiary/aromatic N) is 4. The van der Waals surface area contributed by atoms with Crippen LogP contribution in [0.3, 0.4) is 0 Å². The van der Waals surface area contributed by atoms with Crippen LogP contribution in [0, 0.1) is 5.41 Å². The molecule has 3 fully saturated rings. The van der Waals surface area contributed by atoms with Gasteiger partial charge in [0.2, 0.25) is 24.6 Å². The molecule has 2 saturated heterocycles. The van der Waals surface area contributed by atoms with Crippen LogP contribution in [-0.2, 0) is 19.2 Å². The fourth-order valence-electron chi connectivity index (χ4n) is 3.31. The van der Waals surface area contributed by atoms with E-state index in [1.807, 2.05) is 0 Å². The van der Waals surface area contributed by atoms with E-state index in [-0.39, 0.29) is 11.8 Å². The predicted octanol–water partition coefficient (Wildman–Crippen LogP) is -1.63. The molecule has 3 aliphatic rings. The second kappa shape index (κ2) is 6.17. The summed E-state index contributed by atoms with van der Waals surface area (Å²) >= 11 is 0. The Bertz CT molecular complexity index is 462. The first-order chi connectivity index (χ1) is 11.1. The summed E-state index contributed by atoms with van der Waals surface area (Å²) in [5, 5.41) is 0. The van der Waals surface area contributed by atoms with Gasteiger partial charge in [0, 0.05) is 52.4 Å². The van der Waals surface area contributed by atoms with Gasteiger partial charge in [0.05, 0.1) is 0 Å². The molecule has 0 aromatic rings. The third-order valence-electron chi connectivity index (χ3n) is 5.07. The highest BCUT2D eigenvalue weighted by Gasteiger charge is 2.59. The Kier molecular flexibility index (Phi) is 4.23. The molecule has 126 valence electrons. The summed E-state index contributed by atoms with van der Waals surface area (Å²) in [5.74, 6) is -0.184. The predicted molar refractivity (Wildman–Crippen MR) is 80.1 cm³/mol. The van der Waals surface area contributed by atoms with E-state index in [9.17, 15) is 19.2 Å². The second-order valence-corrected chi connectivity index (χ2v) is 6.45. The van der Waals surface area contributed by atoms with Crippen LogP contribution in [0.5, 0.6) is 0 Å². The molecule has 8 nitrogen and oxygen atoms in total. The van der Waals surface area contributed by atoms with Crippen LogP contribution in [-0.4, -0.2) is 96.6 Å². The Hall–Kier alpha value is -2.12. The van der Waals surface area contributed by atoms with Gasteiger partial charge in [0.15, 0.2) is 0 Å². The van der Waals surface area contributed by atoms with Gasteiger partial charge in [-0.25, -0.2) is 0 Å². The van der Waals surface area contributed by atoms with Gasteiger partial charge in [-0.3, -0.25) is 19.2 Å². The number of piperazine rings is 2. The average Bonchev–Trinajstić information content (AvgIpc) is 3.42. The molecule has 23 heavy (non-hydrogen) atoms.